The summed E-state index contributed by atoms with van der Waals surface area (Å²) in [6, 6.07) is 9.21. The molecule has 0 N–H and O–H groups in total. The van der Waals surface area contributed by atoms with E-state index in [-0.39, 0.29) is 0 Å². The Labute approximate surface area is 222 Å². The first-order chi connectivity index (χ1) is 17.8. The van der Waals surface area contributed by atoms with Crippen molar-refractivity contribution in [3.8, 4) is 11.4 Å². The first kappa shape index (κ1) is 27.3. The van der Waals surface area contributed by atoms with E-state index in [1.807, 2.05) is 0 Å². The predicted molar refractivity (Wildman–Crippen MR) is 154 cm³/mol. The van der Waals surface area contributed by atoms with Crippen LogP contribution in [0.1, 0.15) is 152 Å². The molecule has 0 amide bonds. The first-order valence-electron chi connectivity index (χ1n) is 15.7. The largest absolute Gasteiger partial charge is 0.236 e. The zero-order valence-corrected chi connectivity index (χ0v) is 23.4. The number of hydrogen-bond acceptors (Lipinski definition) is 2. The van der Waals surface area contributed by atoms with Gasteiger partial charge in [-0.2, -0.15) is 0 Å². The van der Waals surface area contributed by atoms with E-state index in [1.165, 1.54) is 127 Å². The molecular weight excluding hydrogens is 436 g/mol. The monoisotopic (exact) mass is 488 g/mol. The molecule has 0 atom stereocenters. The lowest BCUT2D eigenvalue weighted by Crippen LogP contribution is -2.14. The number of unbranched alkanes of at least 4 members (excludes halogenated alkanes) is 6. The predicted octanol–water partition coefficient (Wildman–Crippen LogP) is 10.6. The van der Waals surface area contributed by atoms with Crippen molar-refractivity contribution in [3.05, 3.63) is 47.8 Å². The van der Waals surface area contributed by atoms with Crippen LogP contribution in [-0.2, 0) is 0 Å². The van der Waals surface area contributed by atoms with Crippen molar-refractivity contribution in [3.63, 3.8) is 0 Å². The molecule has 2 aliphatic carbocycles. The van der Waals surface area contributed by atoms with E-state index in [2.05, 4.69) is 50.5 Å². The highest BCUT2D eigenvalue weighted by atomic mass is 14.9. The fourth-order valence-electron chi connectivity index (χ4n) is 6.89. The zero-order valence-electron chi connectivity index (χ0n) is 23.4. The Balaban J connectivity index is 1.21. The van der Waals surface area contributed by atoms with Crippen LogP contribution in [0.15, 0.2) is 36.7 Å². The van der Waals surface area contributed by atoms with Crippen LogP contribution in [0.5, 0.6) is 0 Å². The summed E-state index contributed by atoms with van der Waals surface area (Å²) in [5.74, 6) is 4.22. The topological polar surface area (TPSA) is 25.8 Å². The minimum atomic E-state index is 0.662. The molecule has 0 unspecified atom stereocenters. The Morgan fingerprint density at radius 1 is 0.556 bits per heavy atom. The van der Waals surface area contributed by atoms with E-state index >= 15 is 0 Å². The molecule has 0 bridgehead atoms. The molecule has 1 aromatic heterocycles. The molecule has 4 rings (SSSR count). The molecule has 2 aromatic rings. The molecule has 0 radical (unpaired) electrons. The Bertz CT molecular complexity index is 840. The summed E-state index contributed by atoms with van der Waals surface area (Å²) in [6.07, 6.45) is 29.3. The van der Waals surface area contributed by atoms with Crippen LogP contribution >= 0.6 is 0 Å². The smallest absolute Gasteiger partial charge is 0.159 e. The van der Waals surface area contributed by atoms with Crippen LogP contribution in [0, 0.1) is 11.8 Å². The van der Waals surface area contributed by atoms with E-state index in [4.69, 9.17) is 9.97 Å². The summed E-state index contributed by atoms with van der Waals surface area (Å²) in [5, 5.41) is 0. The summed E-state index contributed by atoms with van der Waals surface area (Å²) >= 11 is 0. The summed E-state index contributed by atoms with van der Waals surface area (Å²) < 4.78 is 0. The van der Waals surface area contributed by atoms with Gasteiger partial charge in [-0.15, -0.1) is 0 Å². The highest BCUT2D eigenvalue weighted by Crippen LogP contribution is 2.39. The maximum atomic E-state index is 4.79. The molecule has 1 heterocycles. The normalized spacial score (nSPS) is 24.6. The number of rotatable bonds is 13. The van der Waals surface area contributed by atoms with Crippen LogP contribution in [0.3, 0.4) is 0 Å². The lowest BCUT2D eigenvalue weighted by molar-refractivity contribution is 0.302. The molecule has 36 heavy (non-hydrogen) atoms. The second-order valence-corrected chi connectivity index (χ2v) is 12.1. The van der Waals surface area contributed by atoms with Gasteiger partial charge >= 0.3 is 0 Å². The SMILES string of the molecule is CCCCCCCC1CCC(c2ccc(-c3ncc(C4CCC(CCCCC)CC4)cn3)cc2)CC1. The van der Waals surface area contributed by atoms with E-state index in [1.54, 1.807) is 0 Å². The molecule has 2 aliphatic rings. The average Bonchev–Trinajstić information content (AvgIpc) is 2.94. The third kappa shape index (κ3) is 8.15. The standard InChI is InChI=1S/C34H52N2/c1-3-5-7-8-10-12-28-13-17-29(18-14-28)30-21-23-32(24-22-30)34-35-25-33(26-36-34)31-19-15-27(16-20-31)11-9-6-4-2/h21-29,31H,3-20H2,1-2H3. The highest BCUT2D eigenvalue weighted by Gasteiger charge is 2.24. The van der Waals surface area contributed by atoms with Gasteiger partial charge in [0.15, 0.2) is 5.82 Å². The van der Waals surface area contributed by atoms with E-state index < -0.39 is 0 Å². The molecule has 198 valence electrons. The van der Waals surface area contributed by atoms with Crippen molar-refractivity contribution in [2.45, 2.75) is 141 Å². The van der Waals surface area contributed by atoms with Crippen LogP contribution < -0.4 is 0 Å². The van der Waals surface area contributed by atoms with Crippen molar-refractivity contribution in [2.24, 2.45) is 11.8 Å². The van der Waals surface area contributed by atoms with Gasteiger partial charge in [0.2, 0.25) is 0 Å². The van der Waals surface area contributed by atoms with Crippen LogP contribution in [0.4, 0.5) is 0 Å². The minimum Gasteiger partial charge on any atom is -0.236 e. The van der Waals surface area contributed by atoms with Crippen LogP contribution in [-0.4, -0.2) is 9.97 Å². The molecule has 2 nitrogen and oxygen atoms in total. The summed E-state index contributed by atoms with van der Waals surface area (Å²) in [5.41, 5.74) is 4.03. The third-order valence-corrected chi connectivity index (χ3v) is 9.41. The number of nitrogens with zero attached hydrogens (tertiary/aromatic N) is 2. The van der Waals surface area contributed by atoms with Crippen molar-refractivity contribution in [2.75, 3.05) is 0 Å². The quantitative estimate of drug-likeness (QED) is 0.262. The first-order valence-corrected chi connectivity index (χ1v) is 15.7. The van der Waals surface area contributed by atoms with Crippen LogP contribution in [0.2, 0.25) is 0 Å². The van der Waals surface area contributed by atoms with Gasteiger partial charge in [-0.05, 0) is 86.2 Å². The van der Waals surface area contributed by atoms with Gasteiger partial charge in [0.1, 0.15) is 0 Å². The Hall–Kier alpha value is -1.70. The highest BCUT2D eigenvalue weighted by molar-refractivity contribution is 5.55. The van der Waals surface area contributed by atoms with E-state index in [0.717, 1.165) is 29.1 Å². The number of aromatic nitrogens is 2. The Morgan fingerprint density at radius 2 is 1.03 bits per heavy atom. The molecule has 0 spiro atoms. The fraction of sp³-hybridized carbons (Fsp3) is 0.706. The van der Waals surface area contributed by atoms with E-state index in [9.17, 15) is 0 Å². The van der Waals surface area contributed by atoms with Gasteiger partial charge in [-0.25, -0.2) is 9.97 Å². The number of hydrogen-bond donors (Lipinski definition) is 0. The van der Waals surface area contributed by atoms with E-state index in [0.29, 0.717) is 5.92 Å². The summed E-state index contributed by atoms with van der Waals surface area (Å²) in [4.78, 5) is 9.58. The maximum absolute atomic E-state index is 4.79. The van der Waals surface area contributed by atoms with Gasteiger partial charge in [0, 0.05) is 18.0 Å². The molecular formula is C34H52N2. The van der Waals surface area contributed by atoms with Crippen molar-refractivity contribution < 1.29 is 0 Å². The van der Waals surface area contributed by atoms with Gasteiger partial charge in [0.25, 0.3) is 0 Å². The third-order valence-electron chi connectivity index (χ3n) is 9.41. The zero-order chi connectivity index (χ0) is 25.0. The van der Waals surface area contributed by atoms with Crippen molar-refractivity contribution in [1.29, 1.82) is 0 Å². The lowest BCUT2D eigenvalue weighted by Gasteiger charge is -2.29. The molecule has 0 saturated heterocycles. The van der Waals surface area contributed by atoms with Crippen LogP contribution in [0.25, 0.3) is 11.4 Å². The van der Waals surface area contributed by atoms with Crippen molar-refractivity contribution >= 4 is 0 Å². The molecule has 1 aromatic carbocycles. The second-order valence-electron chi connectivity index (χ2n) is 12.1. The van der Waals surface area contributed by atoms with Gasteiger partial charge in [-0.1, -0.05) is 102 Å². The Kier molecular flexibility index (Phi) is 11.3. The molecule has 2 saturated carbocycles. The number of benzene rings is 1. The molecule has 2 heteroatoms. The lowest BCUT2D eigenvalue weighted by atomic mass is 9.77. The van der Waals surface area contributed by atoms with Gasteiger partial charge in [-0.3, -0.25) is 0 Å². The Morgan fingerprint density at radius 3 is 1.58 bits per heavy atom. The van der Waals surface area contributed by atoms with Gasteiger partial charge in [0.05, 0.1) is 0 Å². The molecule has 0 aliphatic heterocycles. The minimum absolute atomic E-state index is 0.662. The average molecular weight is 489 g/mol. The van der Waals surface area contributed by atoms with Crippen molar-refractivity contribution in [1.82, 2.24) is 9.97 Å². The molecule has 2 fully saturated rings. The summed E-state index contributed by atoms with van der Waals surface area (Å²) in [7, 11) is 0. The van der Waals surface area contributed by atoms with Gasteiger partial charge < -0.3 is 0 Å². The second kappa shape index (κ2) is 14.9. The fourth-order valence-corrected chi connectivity index (χ4v) is 6.89. The summed E-state index contributed by atoms with van der Waals surface area (Å²) in [6.45, 7) is 4.61. The maximum Gasteiger partial charge on any atom is 0.159 e.